The second-order valence-corrected chi connectivity index (χ2v) is 8.60. The normalized spacial score (nSPS) is 11.9. The Balaban J connectivity index is 1.86. The summed E-state index contributed by atoms with van der Waals surface area (Å²) < 4.78 is 29.3. The van der Waals surface area contributed by atoms with E-state index < -0.39 is 10.0 Å². The third kappa shape index (κ3) is 3.57. The van der Waals surface area contributed by atoms with Crippen LogP contribution in [0.2, 0.25) is 0 Å². The van der Waals surface area contributed by atoms with Crippen LogP contribution in [0.3, 0.4) is 0 Å². The molecular formula is C20H23N3O2S. The molecule has 3 aromatic rings. The maximum Gasteiger partial charge on any atom is 0.243 e. The summed E-state index contributed by atoms with van der Waals surface area (Å²) in [4.78, 5) is 0.390. The van der Waals surface area contributed by atoms with E-state index in [0.29, 0.717) is 4.90 Å². The molecule has 0 atom stereocenters. The van der Waals surface area contributed by atoms with Crippen LogP contribution in [0, 0.1) is 20.8 Å². The number of aromatic nitrogens is 2. The van der Waals surface area contributed by atoms with Crippen molar-refractivity contribution in [1.29, 1.82) is 0 Å². The number of nitrogens with zero attached hydrogens (tertiary/aromatic N) is 3. The second-order valence-electron chi connectivity index (χ2n) is 6.62. The fraction of sp³-hybridized carbons (Fsp3) is 0.250. The molecule has 3 rings (SSSR count). The van der Waals surface area contributed by atoms with Crippen molar-refractivity contribution in [3.63, 3.8) is 0 Å². The zero-order valence-corrected chi connectivity index (χ0v) is 16.3. The number of benzene rings is 2. The van der Waals surface area contributed by atoms with E-state index in [9.17, 15) is 8.42 Å². The van der Waals surface area contributed by atoms with E-state index in [-0.39, 0.29) is 6.54 Å². The van der Waals surface area contributed by atoms with E-state index in [0.717, 1.165) is 27.9 Å². The molecule has 1 heterocycles. The largest absolute Gasteiger partial charge is 0.243 e. The van der Waals surface area contributed by atoms with Crippen molar-refractivity contribution in [2.75, 3.05) is 7.05 Å². The van der Waals surface area contributed by atoms with Crippen LogP contribution in [0.25, 0.3) is 5.69 Å². The highest BCUT2D eigenvalue weighted by Crippen LogP contribution is 2.25. The number of hydrogen-bond acceptors (Lipinski definition) is 3. The van der Waals surface area contributed by atoms with Gasteiger partial charge in [-0.15, -0.1) is 0 Å². The van der Waals surface area contributed by atoms with E-state index >= 15 is 0 Å². The molecule has 0 aliphatic rings. The Morgan fingerprint density at radius 1 is 1.04 bits per heavy atom. The Bertz CT molecular complexity index is 1000. The third-order valence-corrected chi connectivity index (χ3v) is 6.44. The average Bonchev–Trinajstić information content (AvgIpc) is 3.03. The summed E-state index contributed by atoms with van der Waals surface area (Å²) >= 11 is 0. The number of aryl methyl sites for hydroxylation is 3. The summed E-state index contributed by atoms with van der Waals surface area (Å²) in [6, 6.07) is 13.5. The molecule has 6 heteroatoms. The van der Waals surface area contributed by atoms with Gasteiger partial charge >= 0.3 is 0 Å². The smallest absolute Gasteiger partial charge is 0.241 e. The van der Waals surface area contributed by atoms with Crippen LogP contribution in [-0.2, 0) is 16.6 Å². The lowest BCUT2D eigenvalue weighted by molar-refractivity contribution is 0.465. The fourth-order valence-corrected chi connectivity index (χ4v) is 4.80. The zero-order valence-electron chi connectivity index (χ0n) is 15.5. The monoisotopic (exact) mass is 369 g/mol. The standard InChI is InChI=1S/C20H23N3O2S/c1-15-10-16(2)20(17(3)11-15)26(24,25)22(4)13-18-12-21-23(14-18)19-8-6-5-7-9-19/h5-12,14H,13H2,1-4H3. The van der Waals surface area contributed by atoms with Gasteiger partial charge in [0.05, 0.1) is 16.8 Å². The first-order chi connectivity index (χ1) is 12.3. The van der Waals surface area contributed by atoms with Gasteiger partial charge in [0.25, 0.3) is 0 Å². The number of para-hydroxylation sites is 1. The van der Waals surface area contributed by atoms with Crippen molar-refractivity contribution in [3.8, 4) is 5.69 Å². The molecule has 0 radical (unpaired) electrons. The molecule has 0 aliphatic heterocycles. The molecule has 0 amide bonds. The van der Waals surface area contributed by atoms with Crippen molar-refractivity contribution in [3.05, 3.63) is 77.1 Å². The number of rotatable bonds is 5. The van der Waals surface area contributed by atoms with Gasteiger partial charge in [-0.25, -0.2) is 13.1 Å². The van der Waals surface area contributed by atoms with Crippen molar-refractivity contribution >= 4 is 10.0 Å². The van der Waals surface area contributed by atoms with Gasteiger partial charge in [0.15, 0.2) is 0 Å². The van der Waals surface area contributed by atoms with E-state index in [1.807, 2.05) is 69.4 Å². The number of hydrogen-bond donors (Lipinski definition) is 0. The maximum atomic E-state index is 13.1. The molecular weight excluding hydrogens is 346 g/mol. The van der Waals surface area contributed by atoms with Crippen molar-refractivity contribution in [1.82, 2.24) is 14.1 Å². The first kappa shape index (κ1) is 18.4. The fourth-order valence-electron chi connectivity index (χ4n) is 3.24. The molecule has 1 aromatic heterocycles. The molecule has 0 spiro atoms. The van der Waals surface area contributed by atoms with Crippen LogP contribution in [-0.4, -0.2) is 29.6 Å². The lowest BCUT2D eigenvalue weighted by atomic mass is 10.1. The van der Waals surface area contributed by atoms with Gasteiger partial charge in [0.1, 0.15) is 0 Å². The van der Waals surface area contributed by atoms with Gasteiger partial charge in [-0.1, -0.05) is 35.9 Å². The minimum absolute atomic E-state index is 0.266. The Morgan fingerprint density at radius 2 is 1.65 bits per heavy atom. The molecule has 136 valence electrons. The van der Waals surface area contributed by atoms with Crippen LogP contribution in [0.4, 0.5) is 0 Å². The lowest BCUT2D eigenvalue weighted by Gasteiger charge is -2.20. The molecule has 26 heavy (non-hydrogen) atoms. The molecule has 0 unspecified atom stereocenters. The Morgan fingerprint density at radius 3 is 2.27 bits per heavy atom. The highest BCUT2D eigenvalue weighted by atomic mass is 32.2. The van der Waals surface area contributed by atoms with E-state index in [1.54, 1.807) is 17.9 Å². The predicted molar refractivity (Wildman–Crippen MR) is 103 cm³/mol. The van der Waals surface area contributed by atoms with E-state index in [1.165, 1.54) is 4.31 Å². The first-order valence-corrected chi connectivity index (χ1v) is 9.86. The number of sulfonamides is 1. The summed E-state index contributed by atoms with van der Waals surface area (Å²) in [6.45, 7) is 5.92. The van der Waals surface area contributed by atoms with Crippen molar-refractivity contribution in [2.45, 2.75) is 32.2 Å². The summed E-state index contributed by atoms with van der Waals surface area (Å²) in [6.07, 6.45) is 3.56. The summed E-state index contributed by atoms with van der Waals surface area (Å²) in [7, 11) is -1.97. The van der Waals surface area contributed by atoms with E-state index in [2.05, 4.69) is 5.10 Å². The third-order valence-electron chi connectivity index (χ3n) is 4.33. The first-order valence-electron chi connectivity index (χ1n) is 8.42. The highest BCUT2D eigenvalue weighted by molar-refractivity contribution is 7.89. The van der Waals surface area contributed by atoms with Gasteiger partial charge in [0, 0.05) is 25.4 Å². The van der Waals surface area contributed by atoms with Crippen molar-refractivity contribution in [2.24, 2.45) is 0 Å². The highest BCUT2D eigenvalue weighted by Gasteiger charge is 2.25. The Kier molecular flexibility index (Phi) is 4.98. The average molecular weight is 369 g/mol. The second kappa shape index (κ2) is 7.05. The molecule has 0 N–H and O–H groups in total. The molecule has 0 saturated carbocycles. The summed E-state index contributed by atoms with van der Waals surface area (Å²) in [5, 5.41) is 4.34. The Labute approximate surface area is 154 Å². The van der Waals surface area contributed by atoms with Gasteiger partial charge < -0.3 is 0 Å². The summed E-state index contributed by atoms with van der Waals surface area (Å²) in [5.41, 5.74) is 4.38. The molecule has 0 bridgehead atoms. The summed E-state index contributed by atoms with van der Waals surface area (Å²) in [5.74, 6) is 0. The molecule has 0 saturated heterocycles. The van der Waals surface area contributed by atoms with Gasteiger partial charge in [-0.05, 0) is 44.0 Å². The zero-order chi connectivity index (χ0) is 18.9. The van der Waals surface area contributed by atoms with Crippen LogP contribution >= 0.6 is 0 Å². The van der Waals surface area contributed by atoms with Crippen LogP contribution in [0.5, 0.6) is 0 Å². The van der Waals surface area contributed by atoms with Gasteiger partial charge in [0.2, 0.25) is 10.0 Å². The van der Waals surface area contributed by atoms with Crippen LogP contribution < -0.4 is 0 Å². The predicted octanol–water partition coefficient (Wildman–Crippen LogP) is 3.62. The van der Waals surface area contributed by atoms with Crippen molar-refractivity contribution < 1.29 is 8.42 Å². The topological polar surface area (TPSA) is 55.2 Å². The SMILES string of the molecule is Cc1cc(C)c(S(=O)(=O)N(C)Cc2cnn(-c3ccccc3)c2)c(C)c1. The molecule has 0 aliphatic carbocycles. The van der Waals surface area contributed by atoms with Gasteiger partial charge in [-0.3, -0.25) is 0 Å². The van der Waals surface area contributed by atoms with Gasteiger partial charge in [-0.2, -0.15) is 9.40 Å². The molecule has 5 nitrogen and oxygen atoms in total. The maximum absolute atomic E-state index is 13.1. The minimum Gasteiger partial charge on any atom is -0.241 e. The minimum atomic E-state index is -3.57. The quantitative estimate of drug-likeness (QED) is 0.690. The molecule has 2 aromatic carbocycles. The lowest BCUT2D eigenvalue weighted by Crippen LogP contribution is -2.27. The van der Waals surface area contributed by atoms with Crippen LogP contribution in [0.1, 0.15) is 22.3 Å². The Hall–Kier alpha value is -2.44. The van der Waals surface area contributed by atoms with E-state index in [4.69, 9.17) is 0 Å². The molecule has 0 fully saturated rings. The van der Waals surface area contributed by atoms with Crippen LogP contribution in [0.15, 0.2) is 59.8 Å².